The molecule has 0 saturated heterocycles. The quantitative estimate of drug-likeness (QED) is 0.0962. The molecule has 0 atom stereocenters. The lowest BCUT2D eigenvalue weighted by Gasteiger charge is -2.39. The molecule has 2 aromatic carbocycles. The number of halogens is 1. The summed E-state index contributed by atoms with van der Waals surface area (Å²) in [4.78, 5) is 10.6. The fourth-order valence-electron chi connectivity index (χ4n) is 3.57. The molecule has 3 aromatic rings. The van der Waals surface area contributed by atoms with E-state index >= 15 is 0 Å². The maximum absolute atomic E-state index is 11.0. The Labute approximate surface area is 254 Å². The molecule has 0 aliphatic carbocycles. The van der Waals surface area contributed by atoms with Crippen molar-refractivity contribution in [2.45, 2.75) is 97.7 Å². The molecule has 0 amide bonds. The van der Waals surface area contributed by atoms with E-state index in [0.717, 1.165) is 44.0 Å². The standard InChI is InChI=1S/C29H43IN4O4Si2/c1-12-21-17-23(26-27(30)33(32-31-26)19-20-13-15-22(16-14-20)34(35)36)25(38-40(10,11)29(5,6)7)18-24(21)37-39(8,9)28(2,3)4/h13-18H,12,19H2,1-11H3. The van der Waals surface area contributed by atoms with E-state index in [1.54, 1.807) is 12.1 Å². The number of nitro benzene ring substituents is 1. The Kier molecular flexibility index (Phi) is 9.32. The average molecular weight is 695 g/mol. The number of aromatic nitrogens is 3. The van der Waals surface area contributed by atoms with Gasteiger partial charge in [-0.25, -0.2) is 4.68 Å². The van der Waals surface area contributed by atoms with Gasteiger partial charge in [0.05, 0.1) is 11.5 Å². The molecule has 0 aliphatic heterocycles. The highest BCUT2D eigenvalue weighted by molar-refractivity contribution is 14.1. The minimum atomic E-state index is -2.20. The second-order valence-corrected chi connectivity index (χ2v) is 23.8. The molecule has 11 heteroatoms. The van der Waals surface area contributed by atoms with Crippen molar-refractivity contribution in [2.24, 2.45) is 0 Å². The summed E-state index contributed by atoms with van der Waals surface area (Å²) in [5.41, 5.74) is 3.75. The highest BCUT2D eigenvalue weighted by Gasteiger charge is 2.41. The minimum absolute atomic E-state index is 0.00876. The predicted octanol–water partition coefficient (Wildman–Crippen LogP) is 8.84. The maximum Gasteiger partial charge on any atom is 0.269 e. The summed E-state index contributed by atoms with van der Waals surface area (Å²) in [6.45, 7) is 25.1. The van der Waals surface area contributed by atoms with Gasteiger partial charge in [-0.2, -0.15) is 0 Å². The van der Waals surface area contributed by atoms with E-state index in [4.69, 9.17) is 8.85 Å². The lowest BCUT2D eigenvalue weighted by molar-refractivity contribution is -0.384. The molecular formula is C29H43IN4O4Si2. The monoisotopic (exact) mass is 694 g/mol. The van der Waals surface area contributed by atoms with Gasteiger partial charge in [0.1, 0.15) is 20.9 Å². The zero-order valence-corrected chi connectivity index (χ0v) is 29.8. The lowest BCUT2D eigenvalue weighted by atomic mass is 10.0. The second-order valence-electron chi connectivity index (χ2n) is 13.3. The Balaban J connectivity index is 2.13. The van der Waals surface area contributed by atoms with Gasteiger partial charge < -0.3 is 8.85 Å². The number of non-ortho nitro benzene ring substituents is 1. The Morgan fingerprint density at radius 3 is 1.93 bits per heavy atom. The van der Waals surface area contributed by atoms with Gasteiger partial charge in [0.2, 0.25) is 8.32 Å². The maximum atomic E-state index is 11.0. The van der Waals surface area contributed by atoms with Crippen molar-refractivity contribution in [2.75, 3.05) is 0 Å². The van der Waals surface area contributed by atoms with Gasteiger partial charge >= 0.3 is 0 Å². The van der Waals surface area contributed by atoms with Gasteiger partial charge in [0.25, 0.3) is 14.0 Å². The summed E-state index contributed by atoms with van der Waals surface area (Å²) < 4.78 is 16.5. The van der Waals surface area contributed by atoms with E-state index < -0.39 is 21.6 Å². The summed E-state index contributed by atoms with van der Waals surface area (Å²) in [5.74, 6) is 1.66. The molecule has 1 aromatic heterocycles. The zero-order chi connectivity index (χ0) is 30.3. The molecular weight excluding hydrogens is 651 g/mol. The highest BCUT2D eigenvalue weighted by Crippen LogP contribution is 2.45. The van der Waals surface area contributed by atoms with E-state index in [-0.39, 0.29) is 15.8 Å². The number of nitrogens with zero attached hydrogens (tertiary/aromatic N) is 4. The lowest BCUT2D eigenvalue weighted by Crippen LogP contribution is -2.44. The van der Waals surface area contributed by atoms with Crippen molar-refractivity contribution in [3.8, 4) is 22.8 Å². The van der Waals surface area contributed by atoms with Gasteiger partial charge in [-0.1, -0.05) is 65.8 Å². The van der Waals surface area contributed by atoms with Crippen molar-refractivity contribution in [1.82, 2.24) is 15.0 Å². The zero-order valence-electron chi connectivity index (χ0n) is 25.7. The number of benzene rings is 2. The van der Waals surface area contributed by atoms with Crippen molar-refractivity contribution in [3.63, 3.8) is 0 Å². The van der Waals surface area contributed by atoms with E-state index in [0.29, 0.717) is 6.54 Å². The molecule has 8 nitrogen and oxygen atoms in total. The third-order valence-electron chi connectivity index (χ3n) is 8.30. The molecule has 0 N–H and O–H groups in total. The Hall–Kier alpha value is -2.26. The van der Waals surface area contributed by atoms with Crippen molar-refractivity contribution in [3.05, 3.63) is 61.3 Å². The number of rotatable bonds is 9. The predicted molar refractivity (Wildman–Crippen MR) is 175 cm³/mol. The fourth-order valence-corrected chi connectivity index (χ4v) is 6.30. The van der Waals surface area contributed by atoms with Crippen LogP contribution in [0.1, 0.15) is 59.6 Å². The summed E-state index contributed by atoms with van der Waals surface area (Å²) in [5, 5.41) is 20.2. The summed E-state index contributed by atoms with van der Waals surface area (Å²) in [6.07, 6.45) is 0.810. The van der Waals surface area contributed by atoms with Crippen LogP contribution in [0.4, 0.5) is 5.69 Å². The van der Waals surface area contributed by atoms with Crippen LogP contribution in [-0.2, 0) is 13.0 Å². The van der Waals surface area contributed by atoms with E-state index in [1.165, 1.54) is 12.1 Å². The first kappa shape index (κ1) is 32.3. The molecule has 0 unspecified atom stereocenters. The van der Waals surface area contributed by atoms with Crippen molar-refractivity contribution < 1.29 is 13.8 Å². The molecule has 0 bridgehead atoms. The van der Waals surface area contributed by atoms with Gasteiger partial charge in [-0.3, -0.25) is 10.1 Å². The van der Waals surface area contributed by atoms with Crippen LogP contribution < -0.4 is 8.85 Å². The smallest absolute Gasteiger partial charge is 0.269 e. The molecule has 0 saturated carbocycles. The molecule has 0 spiro atoms. The number of nitro groups is 1. The summed E-state index contributed by atoms with van der Waals surface area (Å²) in [7, 11) is -4.29. The third-order valence-corrected chi connectivity index (χ3v) is 18.0. The van der Waals surface area contributed by atoms with Crippen LogP contribution in [0.15, 0.2) is 36.4 Å². The van der Waals surface area contributed by atoms with Gasteiger partial charge in [-0.15, -0.1) is 5.10 Å². The number of aryl methyl sites for hydroxylation is 1. The summed E-state index contributed by atoms with van der Waals surface area (Å²) >= 11 is 2.28. The van der Waals surface area contributed by atoms with E-state index in [9.17, 15) is 10.1 Å². The van der Waals surface area contributed by atoms with Crippen LogP contribution in [0.25, 0.3) is 11.3 Å². The normalized spacial score (nSPS) is 12.9. The van der Waals surface area contributed by atoms with Crippen LogP contribution in [0.5, 0.6) is 11.5 Å². The minimum Gasteiger partial charge on any atom is -0.543 e. The van der Waals surface area contributed by atoms with Crippen molar-refractivity contribution in [1.29, 1.82) is 0 Å². The van der Waals surface area contributed by atoms with Crippen LogP contribution in [0, 0.1) is 13.8 Å². The molecule has 0 radical (unpaired) electrons. The van der Waals surface area contributed by atoms with Crippen LogP contribution >= 0.6 is 22.6 Å². The summed E-state index contributed by atoms with van der Waals surface area (Å²) in [6, 6.07) is 10.8. The van der Waals surface area contributed by atoms with Gasteiger partial charge in [0, 0.05) is 23.8 Å². The topological polar surface area (TPSA) is 92.3 Å². The molecule has 1 heterocycles. The van der Waals surface area contributed by atoms with Crippen LogP contribution in [-0.4, -0.2) is 36.6 Å². The Morgan fingerprint density at radius 2 is 1.45 bits per heavy atom. The molecule has 40 heavy (non-hydrogen) atoms. The van der Waals surface area contributed by atoms with Crippen LogP contribution in [0.3, 0.4) is 0 Å². The molecule has 0 fully saturated rings. The largest absolute Gasteiger partial charge is 0.543 e. The number of hydrogen-bond acceptors (Lipinski definition) is 6. The number of hydrogen-bond donors (Lipinski definition) is 0. The van der Waals surface area contributed by atoms with E-state index in [2.05, 4.69) is 120 Å². The molecule has 0 aliphatic rings. The Morgan fingerprint density at radius 1 is 0.925 bits per heavy atom. The van der Waals surface area contributed by atoms with E-state index in [1.807, 2.05) is 4.68 Å². The fraction of sp³-hybridized carbons (Fsp3) is 0.517. The third kappa shape index (κ3) is 6.96. The van der Waals surface area contributed by atoms with Gasteiger partial charge in [-0.05, 0) is 82.5 Å². The SMILES string of the molecule is CCc1cc(-c2nnn(Cc3ccc([N+](=O)[O-])cc3)c2I)c(O[Si](C)(C)C(C)(C)C)cc1O[Si](C)(C)C(C)(C)C. The average Bonchev–Trinajstić information content (AvgIpc) is 3.17. The first-order valence-corrected chi connectivity index (χ1v) is 20.5. The second kappa shape index (κ2) is 11.6. The van der Waals surface area contributed by atoms with Crippen LogP contribution in [0.2, 0.25) is 36.3 Å². The first-order valence-electron chi connectivity index (χ1n) is 13.6. The highest BCUT2D eigenvalue weighted by atomic mass is 127. The first-order chi connectivity index (χ1) is 18.3. The van der Waals surface area contributed by atoms with Gasteiger partial charge in [0.15, 0.2) is 0 Å². The molecule has 218 valence electrons. The molecule has 3 rings (SSSR count). The Bertz CT molecular complexity index is 1370. The van der Waals surface area contributed by atoms with Crippen molar-refractivity contribution >= 4 is 44.9 Å².